The number of hydrogen-bond donors (Lipinski definition) is 3. The van der Waals surface area contributed by atoms with Gasteiger partial charge in [0.25, 0.3) is 0 Å². The average Bonchev–Trinajstić information content (AvgIpc) is 3.45. The Morgan fingerprint density at radius 2 is 2.09 bits per heavy atom. The number of anilines is 3. The number of aromatic nitrogens is 6. The number of H-pyrrole nitrogens is 1. The number of hydrogen-bond acceptors (Lipinski definition) is 8. The van der Waals surface area contributed by atoms with Crippen LogP contribution in [0.5, 0.6) is 0 Å². The van der Waals surface area contributed by atoms with Crippen molar-refractivity contribution < 1.29 is 13.9 Å². The number of carbonyl (C=O) groups is 1. The van der Waals surface area contributed by atoms with Crippen LogP contribution in [0.1, 0.15) is 31.7 Å². The molecule has 3 aromatic heterocycles. The van der Waals surface area contributed by atoms with E-state index in [4.69, 9.17) is 10.5 Å². The summed E-state index contributed by atoms with van der Waals surface area (Å²) < 4.78 is 22.0. The fraction of sp³-hybridized carbons (Fsp3) is 0.286. The number of halogens is 1. The van der Waals surface area contributed by atoms with Gasteiger partial charge < -0.3 is 20.8 Å². The summed E-state index contributed by atoms with van der Waals surface area (Å²) in [6.45, 7) is 0. The van der Waals surface area contributed by atoms with Crippen LogP contribution in [0.2, 0.25) is 0 Å². The smallest absolute Gasteiger partial charge is 0.419 e. The molecule has 0 bridgehead atoms. The fourth-order valence-corrected chi connectivity index (χ4v) is 4.06. The van der Waals surface area contributed by atoms with Crippen LogP contribution in [0.3, 0.4) is 0 Å². The zero-order valence-corrected chi connectivity index (χ0v) is 17.4. The summed E-state index contributed by atoms with van der Waals surface area (Å²) in [6, 6.07) is 3.84. The van der Waals surface area contributed by atoms with Gasteiger partial charge in [-0.2, -0.15) is 4.98 Å². The van der Waals surface area contributed by atoms with E-state index < -0.39 is 11.9 Å². The second-order valence-electron chi connectivity index (χ2n) is 7.87. The Balaban J connectivity index is 1.33. The fourth-order valence-electron chi connectivity index (χ4n) is 4.06. The molecule has 1 fully saturated rings. The van der Waals surface area contributed by atoms with Crippen molar-refractivity contribution in [3.63, 3.8) is 0 Å². The van der Waals surface area contributed by atoms with Crippen LogP contribution in [-0.4, -0.2) is 41.3 Å². The molecule has 1 saturated carbocycles. The van der Waals surface area contributed by atoms with E-state index in [1.54, 1.807) is 4.57 Å². The van der Waals surface area contributed by atoms with E-state index in [2.05, 4.69) is 25.3 Å². The zero-order valence-electron chi connectivity index (χ0n) is 17.4. The normalized spacial score (nSPS) is 18.3. The molecule has 1 aliphatic carbocycles. The number of carbonyl (C=O) groups excluding carboxylic acids is 1. The molecule has 11 nitrogen and oxygen atoms in total. The highest BCUT2D eigenvalue weighted by molar-refractivity contribution is 5.74. The predicted molar refractivity (Wildman–Crippen MR) is 118 cm³/mol. The highest BCUT2D eigenvalue weighted by Crippen LogP contribution is 2.31. The summed E-state index contributed by atoms with van der Waals surface area (Å²) in [6.07, 6.45) is 7.72. The van der Waals surface area contributed by atoms with Crippen LogP contribution in [0.4, 0.5) is 26.5 Å². The Hall–Kier alpha value is -4.22. The number of nitrogens with one attached hydrogen (secondary N) is 2. The molecule has 0 aliphatic heterocycles. The molecule has 33 heavy (non-hydrogen) atoms. The number of imidazole rings is 2. The lowest BCUT2D eigenvalue weighted by Gasteiger charge is -2.28. The van der Waals surface area contributed by atoms with E-state index in [1.165, 1.54) is 47.7 Å². The Bertz CT molecular complexity index is 1360. The molecule has 0 saturated heterocycles. The van der Waals surface area contributed by atoms with Crippen LogP contribution in [0.25, 0.3) is 11.2 Å². The number of rotatable bonds is 4. The van der Waals surface area contributed by atoms with E-state index in [0.717, 1.165) is 0 Å². The van der Waals surface area contributed by atoms with E-state index in [0.29, 0.717) is 48.2 Å². The lowest BCUT2D eigenvalue weighted by atomic mass is 9.93. The third-order valence-corrected chi connectivity index (χ3v) is 5.71. The second kappa shape index (κ2) is 8.37. The van der Waals surface area contributed by atoms with Crippen molar-refractivity contribution in [2.45, 2.75) is 37.8 Å². The highest BCUT2D eigenvalue weighted by Gasteiger charge is 2.28. The number of ether oxygens (including phenoxy) is 1. The molecule has 0 radical (unpaired) electrons. The molecular formula is C21H21FN8O3. The van der Waals surface area contributed by atoms with E-state index in [1.807, 2.05) is 0 Å². The van der Waals surface area contributed by atoms with Crippen molar-refractivity contribution in [3.8, 4) is 0 Å². The molecule has 4 N–H and O–H groups in total. The molecule has 0 atom stereocenters. The number of nitrogens with zero attached hydrogens (tertiary/aromatic N) is 5. The Morgan fingerprint density at radius 1 is 1.27 bits per heavy atom. The van der Waals surface area contributed by atoms with Gasteiger partial charge in [-0.25, -0.2) is 28.5 Å². The highest BCUT2D eigenvalue weighted by atomic mass is 19.1. The van der Waals surface area contributed by atoms with Crippen molar-refractivity contribution >= 4 is 34.6 Å². The minimum absolute atomic E-state index is 0.114. The minimum atomic E-state index is -0.472. The average molecular weight is 452 g/mol. The maximum Gasteiger partial charge on any atom is 0.419 e. The molecule has 12 heteroatoms. The van der Waals surface area contributed by atoms with Crippen LogP contribution >= 0.6 is 0 Å². The molecule has 1 aliphatic rings. The van der Waals surface area contributed by atoms with Crippen molar-refractivity contribution in [3.05, 3.63) is 59.4 Å². The van der Waals surface area contributed by atoms with Crippen molar-refractivity contribution in [1.29, 1.82) is 0 Å². The SMILES string of the molecule is Nc1ccc(F)cc1Nc1ncc2[nH]c(=O)n([C@H]3CC[C@H](OC(=O)n4ccnc4)CC3)c2n1. The van der Waals surface area contributed by atoms with Gasteiger partial charge in [0, 0.05) is 18.4 Å². The van der Waals surface area contributed by atoms with Crippen LogP contribution < -0.4 is 16.7 Å². The first-order valence-corrected chi connectivity index (χ1v) is 10.5. The molecule has 0 amide bonds. The third-order valence-electron chi connectivity index (χ3n) is 5.71. The van der Waals surface area contributed by atoms with Gasteiger partial charge in [0.2, 0.25) is 5.95 Å². The molecule has 4 aromatic rings. The van der Waals surface area contributed by atoms with Gasteiger partial charge in [-0.1, -0.05) is 0 Å². The topological polar surface area (TPSA) is 146 Å². The monoisotopic (exact) mass is 452 g/mol. The van der Waals surface area contributed by atoms with Gasteiger partial charge in [0.1, 0.15) is 23.8 Å². The first kappa shape index (κ1) is 20.7. The van der Waals surface area contributed by atoms with Crippen molar-refractivity contribution in [1.82, 2.24) is 29.1 Å². The largest absolute Gasteiger partial charge is 0.446 e. The number of benzene rings is 1. The summed E-state index contributed by atoms with van der Waals surface area (Å²) in [5.74, 6) is -0.257. The molecule has 0 spiro atoms. The molecule has 1 aromatic carbocycles. The van der Waals surface area contributed by atoms with Crippen LogP contribution in [0, 0.1) is 5.82 Å². The van der Waals surface area contributed by atoms with Gasteiger partial charge in [-0.15, -0.1) is 0 Å². The lowest BCUT2D eigenvalue weighted by molar-refractivity contribution is 0.0665. The van der Waals surface area contributed by atoms with Gasteiger partial charge in [-0.05, 0) is 43.9 Å². The number of nitrogen functional groups attached to an aromatic ring is 1. The summed E-state index contributed by atoms with van der Waals surface area (Å²) in [4.78, 5) is 40.1. The molecular weight excluding hydrogens is 431 g/mol. The summed E-state index contributed by atoms with van der Waals surface area (Å²) in [7, 11) is 0. The summed E-state index contributed by atoms with van der Waals surface area (Å²) in [5, 5.41) is 2.91. The third kappa shape index (κ3) is 4.14. The van der Waals surface area contributed by atoms with E-state index >= 15 is 0 Å². The maximum absolute atomic E-state index is 13.6. The van der Waals surface area contributed by atoms with Gasteiger partial charge in [-0.3, -0.25) is 4.57 Å². The lowest BCUT2D eigenvalue weighted by Crippen LogP contribution is -2.30. The van der Waals surface area contributed by atoms with Gasteiger partial charge in [0.15, 0.2) is 5.65 Å². The second-order valence-corrected chi connectivity index (χ2v) is 7.87. The summed E-state index contributed by atoms with van der Waals surface area (Å²) >= 11 is 0. The molecule has 5 rings (SSSR count). The Labute approximate surface area is 186 Å². The molecule has 3 heterocycles. The summed E-state index contributed by atoms with van der Waals surface area (Å²) in [5.41, 5.74) is 7.20. The van der Waals surface area contributed by atoms with Crippen molar-refractivity contribution in [2.24, 2.45) is 0 Å². The number of aromatic amines is 1. The Morgan fingerprint density at radius 3 is 2.85 bits per heavy atom. The van der Waals surface area contributed by atoms with Gasteiger partial charge in [0.05, 0.1) is 17.6 Å². The standard InChI is InChI=1S/C21H21FN8O3/c22-12-1-6-15(23)16(9-12)26-19-25-10-17-18(28-19)30(20(31)27-17)13-2-4-14(5-3-13)33-21(32)29-8-7-24-11-29/h1,6-11,13-14H,2-5,23H2,(H,27,31)(H,25,26,28)/t13-,14-. The molecule has 0 unspecified atom stereocenters. The predicted octanol–water partition coefficient (Wildman–Crippen LogP) is 2.95. The van der Waals surface area contributed by atoms with Crippen LogP contribution in [0.15, 0.2) is 47.9 Å². The zero-order chi connectivity index (χ0) is 22.9. The number of fused-ring (bicyclic) bond motifs is 1. The number of nitrogens with two attached hydrogens (primary N) is 1. The van der Waals surface area contributed by atoms with Crippen LogP contribution in [-0.2, 0) is 4.74 Å². The maximum atomic E-state index is 13.6. The first-order valence-electron chi connectivity index (χ1n) is 10.5. The van der Waals surface area contributed by atoms with E-state index in [9.17, 15) is 14.0 Å². The molecule has 170 valence electrons. The Kier molecular flexibility index (Phi) is 5.24. The van der Waals surface area contributed by atoms with Gasteiger partial charge >= 0.3 is 11.8 Å². The quantitative estimate of drug-likeness (QED) is 0.401. The first-order chi connectivity index (χ1) is 16.0. The van der Waals surface area contributed by atoms with E-state index in [-0.39, 0.29) is 23.8 Å². The van der Waals surface area contributed by atoms with Crippen molar-refractivity contribution in [2.75, 3.05) is 11.1 Å². The minimum Gasteiger partial charge on any atom is -0.446 e.